The highest BCUT2D eigenvalue weighted by Gasteiger charge is 2.49. The van der Waals surface area contributed by atoms with Crippen molar-refractivity contribution in [3.8, 4) is 0 Å². The van der Waals surface area contributed by atoms with E-state index in [0.29, 0.717) is 18.8 Å². The van der Waals surface area contributed by atoms with Crippen LogP contribution in [0, 0.1) is 5.92 Å². The third-order valence-electron chi connectivity index (χ3n) is 6.58. The summed E-state index contributed by atoms with van der Waals surface area (Å²) in [6.45, 7) is 5.38. The van der Waals surface area contributed by atoms with Crippen molar-refractivity contribution >= 4 is 5.78 Å². The van der Waals surface area contributed by atoms with E-state index in [1.54, 1.807) is 36.4 Å². The second kappa shape index (κ2) is 15.5. The number of rotatable bonds is 18. The van der Waals surface area contributed by atoms with E-state index in [0.717, 1.165) is 25.7 Å². The Labute approximate surface area is 206 Å². The molecule has 192 valence electrons. The molecular weight excluding hydrogens is 428 g/mol. The summed E-state index contributed by atoms with van der Waals surface area (Å²) in [6.07, 6.45) is 16.8. The first-order valence-electron chi connectivity index (χ1n) is 13.5. The fourth-order valence-electron chi connectivity index (χ4n) is 4.50. The Kier molecular flexibility index (Phi) is 13.1. The van der Waals surface area contributed by atoms with Gasteiger partial charge in [0.2, 0.25) is 0 Å². The van der Waals surface area contributed by atoms with Crippen LogP contribution in [0.15, 0.2) is 42.5 Å². The highest BCUT2D eigenvalue weighted by molar-refractivity contribution is 5.99. The summed E-state index contributed by atoms with van der Waals surface area (Å²) >= 11 is 0. The number of hydrogen-bond acceptors (Lipinski definition) is 5. The van der Waals surface area contributed by atoms with E-state index in [-0.39, 0.29) is 12.2 Å². The van der Waals surface area contributed by atoms with E-state index >= 15 is 0 Å². The molecule has 5 nitrogen and oxygen atoms in total. The van der Waals surface area contributed by atoms with Crippen molar-refractivity contribution in [1.29, 1.82) is 0 Å². The summed E-state index contributed by atoms with van der Waals surface area (Å²) in [5, 5.41) is 21.8. The molecule has 1 atom stereocenters. The number of ether oxygens (including phenoxy) is 2. The minimum atomic E-state index is -2.25. The van der Waals surface area contributed by atoms with Crippen LogP contribution in [0.25, 0.3) is 0 Å². The average molecular weight is 475 g/mol. The minimum absolute atomic E-state index is 0.189. The Morgan fingerprint density at radius 2 is 1.32 bits per heavy atom. The molecule has 1 aromatic rings. The van der Waals surface area contributed by atoms with Crippen molar-refractivity contribution in [2.45, 2.75) is 109 Å². The zero-order valence-electron chi connectivity index (χ0n) is 21.3. The van der Waals surface area contributed by atoms with E-state index < -0.39 is 17.5 Å². The van der Waals surface area contributed by atoms with Crippen LogP contribution < -0.4 is 0 Å². The van der Waals surface area contributed by atoms with Gasteiger partial charge in [-0.1, -0.05) is 114 Å². The van der Waals surface area contributed by atoms with E-state index in [2.05, 4.69) is 13.8 Å². The Morgan fingerprint density at radius 1 is 0.824 bits per heavy atom. The Bertz CT molecular complexity index is 694. The number of carbonyl (C=O) groups excluding carboxylic acids is 1. The fourth-order valence-corrected chi connectivity index (χ4v) is 4.50. The number of unbranched alkanes of at least 4 members (excludes halogenated alkanes) is 10. The molecule has 0 spiro atoms. The van der Waals surface area contributed by atoms with Crippen LogP contribution >= 0.6 is 0 Å². The predicted molar refractivity (Wildman–Crippen MR) is 137 cm³/mol. The molecule has 0 amide bonds. The van der Waals surface area contributed by atoms with Gasteiger partial charge in [-0.25, -0.2) is 0 Å². The number of benzene rings is 1. The van der Waals surface area contributed by atoms with Crippen LogP contribution in [0.5, 0.6) is 0 Å². The van der Waals surface area contributed by atoms with Crippen molar-refractivity contribution in [3.05, 3.63) is 48.0 Å². The van der Waals surface area contributed by atoms with Gasteiger partial charge in [0.25, 0.3) is 0 Å². The van der Waals surface area contributed by atoms with Crippen LogP contribution in [-0.4, -0.2) is 40.8 Å². The molecule has 1 aromatic carbocycles. The monoisotopic (exact) mass is 474 g/mol. The Morgan fingerprint density at radius 3 is 1.82 bits per heavy atom. The van der Waals surface area contributed by atoms with Gasteiger partial charge >= 0.3 is 0 Å². The van der Waals surface area contributed by atoms with E-state index in [9.17, 15) is 15.0 Å². The van der Waals surface area contributed by atoms with Crippen LogP contribution in [0.1, 0.15) is 108 Å². The van der Waals surface area contributed by atoms with Gasteiger partial charge in [-0.2, -0.15) is 0 Å². The second-order valence-electron chi connectivity index (χ2n) is 9.67. The summed E-state index contributed by atoms with van der Waals surface area (Å²) in [7, 11) is 0. The van der Waals surface area contributed by atoms with E-state index in [1.807, 2.05) is 6.07 Å². The van der Waals surface area contributed by atoms with Crippen molar-refractivity contribution in [3.63, 3.8) is 0 Å². The molecule has 0 heterocycles. The molecule has 0 fully saturated rings. The third kappa shape index (κ3) is 9.61. The fraction of sp³-hybridized carbons (Fsp3) is 0.690. The lowest BCUT2D eigenvalue weighted by molar-refractivity contribution is -0.284. The molecule has 0 bridgehead atoms. The van der Waals surface area contributed by atoms with Crippen LogP contribution in [0.2, 0.25) is 0 Å². The summed E-state index contributed by atoms with van der Waals surface area (Å²) in [6, 6.07) is 8.76. The summed E-state index contributed by atoms with van der Waals surface area (Å²) in [4.78, 5) is 12.9. The normalized spacial score (nSPS) is 18.8. The van der Waals surface area contributed by atoms with Gasteiger partial charge < -0.3 is 19.7 Å². The standard InChI is InChI=1S/C29H46O5/c1-3-5-7-9-11-16-22-33-28(34-23-17-12-10-8-6-4-2)21-20-26(29(31,32)24-28)27(30)25-18-14-13-15-19-25/h13-15,18-21,26,31-32H,3-12,16-17,22-24H2,1-2H3. The molecule has 1 aliphatic rings. The SMILES string of the molecule is CCCCCCCCOC1(OCCCCCCCC)C=CC(C(=O)c2ccccc2)C(O)(O)C1. The topological polar surface area (TPSA) is 76.0 Å². The smallest absolute Gasteiger partial charge is 0.192 e. The summed E-state index contributed by atoms with van der Waals surface area (Å²) in [5.41, 5.74) is 0.457. The van der Waals surface area contributed by atoms with Crippen LogP contribution in [0.3, 0.4) is 0 Å². The number of ketones is 1. The highest BCUT2D eigenvalue weighted by atomic mass is 16.7. The maximum absolute atomic E-state index is 12.9. The van der Waals surface area contributed by atoms with Crippen molar-refractivity contribution in [2.24, 2.45) is 5.92 Å². The van der Waals surface area contributed by atoms with Gasteiger partial charge in [0, 0.05) is 5.56 Å². The third-order valence-corrected chi connectivity index (χ3v) is 6.58. The molecular formula is C29H46O5. The molecule has 0 saturated heterocycles. The maximum atomic E-state index is 12.9. The lowest BCUT2D eigenvalue weighted by atomic mass is 9.81. The molecule has 1 unspecified atom stereocenters. The molecule has 0 radical (unpaired) electrons. The molecule has 0 aromatic heterocycles. The molecule has 2 N–H and O–H groups in total. The number of carbonyl (C=O) groups is 1. The van der Waals surface area contributed by atoms with Crippen molar-refractivity contribution < 1.29 is 24.5 Å². The van der Waals surface area contributed by atoms with Gasteiger partial charge in [0.15, 0.2) is 17.4 Å². The maximum Gasteiger partial charge on any atom is 0.192 e. The highest BCUT2D eigenvalue weighted by Crippen LogP contribution is 2.38. The predicted octanol–water partition coefficient (Wildman–Crippen LogP) is 6.58. The Balaban J connectivity index is 2.00. The summed E-state index contributed by atoms with van der Waals surface area (Å²) < 4.78 is 12.3. The van der Waals surface area contributed by atoms with Gasteiger partial charge in [-0.3, -0.25) is 4.79 Å². The lowest BCUT2D eigenvalue weighted by Gasteiger charge is -2.42. The lowest BCUT2D eigenvalue weighted by Crippen LogP contribution is -2.53. The first-order chi connectivity index (χ1) is 16.4. The van der Waals surface area contributed by atoms with Crippen molar-refractivity contribution in [2.75, 3.05) is 13.2 Å². The molecule has 2 rings (SSSR count). The second-order valence-corrected chi connectivity index (χ2v) is 9.67. The number of aliphatic hydroxyl groups is 2. The molecule has 5 heteroatoms. The van der Waals surface area contributed by atoms with Gasteiger partial charge in [0.05, 0.1) is 25.6 Å². The first-order valence-corrected chi connectivity index (χ1v) is 13.5. The number of hydrogen-bond donors (Lipinski definition) is 2. The number of Topliss-reactive ketones (excluding diaryl/α,β-unsaturated/α-hetero) is 1. The zero-order valence-corrected chi connectivity index (χ0v) is 21.3. The summed E-state index contributed by atoms with van der Waals surface area (Å²) in [5.74, 6) is -4.84. The van der Waals surface area contributed by atoms with E-state index in [4.69, 9.17) is 9.47 Å². The quantitative estimate of drug-likeness (QED) is 0.109. The zero-order chi connectivity index (χ0) is 24.7. The van der Waals surface area contributed by atoms with Crippen molar-refractivity contribution in [1.82, 2.24) is 0 Å². The minimum Gasteiger partial charge on any atom is -0.365 e. The Hall–Kier alpha value is -1.53. The molecule has 0 saturated carbocycles. The molecule has 34 heavy (non-hydrogen) atoms. The van der Waals surface area contributed by atoms with Gasteiger partial charge in [0.1, 0.15) is 0 Å². The van der Waals surface area contributed by atoms with Gasteiger partial charge in [-0.15, -0.1) is 0 Å². The average Bonchev–Trinajstić information content (AvgIpc) is 2.83. The largest absolute Gasteiger partial charge is 0.365 e. The van der Waals surface area contributed by atoms with E-state index in [1.165, 1.54) is 51.4 Å². The first kappa shape index (κ1) is 28.7. The van der Waals surface area contributed by atoms with Crippen LogP contribution in [0.4, 0.5) is 0 Å². The van der Waals surface area contributed by atoms with Crippen LogP contribution in [-0.2, 0) is 9.47 Å². The molecule has 0 aliphatic heterocycles. The van der Waals surface area contributed by atoms with Gasteiger partial charge in [-0.05, 0) is 18.9 Å². The molecule has 1 aliphatic carbocycles.